The maximum absolute atomic E-state index is 13.1. The number of aromatic nitrogens is 2. The molecule has 1 saturated heterocycles. The molecule has 0 saturated carbocycles. The highest BCUT2D eigenvalue weighted by molar-refractivity contribution is 5.81. The number of fused-ring (bicyclic) bond motifs is 3. The van der Waals surface area contributed by atoms with Gasteiger partial charge >= 0.3 is 6.18 Å². The van der Waals surface area contributed by atoms with Crippen LogP contribution in [0.15, 0.2) is 24.5 Å². The second-order valence-corrected chi connectivity index (χ2v) is 8.07. The molecule has 8 heteroatoms. The van der Waals surface area contributed by atoms with Crippen molar-refractivity contribution in [1.29, 1.82) is 0 Å². The number of carbonyl (C=O) groups excluding carboxylic acids is 1. The van der Waals surface area contributed by atoms with E-state index in [0.717, 1.165) is 31.0 Å². The summed E-state index contributed by atoms with van der Waals surface area (Å²) in [4.78, 5) is 25.0. The number of halogens is 3. The number of alkyl halides is 3. The molecule has 2 aromatic rings. The smallest absolute Gasteiger partial charge is 0.369 e. The van der Waals surface area contributed by atoms with Gasteiger partial charge in [0, 0.05) is 25.8 Å². The molecular formula is C21H21F3N4O. The third-order valence-electron chi connectivity index (χ3n) is 6.29. The molecule has 3 aliphatic rings. The Hall–Kier alpha value is -2.64. The van der Waals surface area contributed by atoms with Gasteiger partial charge in [-0.25, -0.2) is 4.98 Å². The first-order chi connectivity index (χ1) is 13.9. The van der Waals surface area contributed by atoms with E-state index in [0.29, 0.717) is 38.3 Å². The maximum Gasteiger partial charge on any atom is 0.433 e. The van der Waals surface area contributed by atoms with Crippen molar-refractivity contribution in [3.8, 4) is 0 Å². The van der Waals surface area contributed by atoms with Crippen molar-refractivity contribution < 1.29 is 18.0 Å². The predicted octanol–water partition coefficient (Wildman–Crippen LogP) is 3.35. The Morgan fingerprint density at radius 3 is 2.69 bits per heavy atom. The van der Waals surface area contributed by atoms with E-state index in [2.05, 4.69) is 9.97 Å². The zero-order valence-electron chi connectivity index (χ0n) is 15.9. The Balaban J connectivity index is 1.26. The van der Waals surface area contributed by atoms with Gasteiger partial charge in [0.05, 0.1) is 30.0 Å². The highest BCUT2D eigenvalue weighted by Crippen LogP contribution is 2.34. The van der Waals surface area contributed by atoms with Crippen LogP contribution in [0.2, 0.25) is 0 Å². The molecule has 0 aromatic carbocycles. The normalized spacial score (nSPS) is 20.9. The van der Waals surface area contributed by atoms with E-state index >= 15 is 0 Å². The van der Waals surface area contributed by atoms with Crippen molar-refractivity contribution in [3.63, 3.8) is 0 Å². The summed E-state index contributed by atoms with van der Waals surface area (Å²) in [5.41, 5.74) is 4.67. The number of pyridine rings is 2. The zero-order chi connectivity index (χ0) is 20.2. The minimum atomic E-state index is -4.44. The van der Waals surface area contributed by atoms with E-state index in [1.54, 1.807) is 0 Å². The molecule has 5 rings (SSSR count). The molecule has 0 unspecified atom stereocenters. The summed E-state index contributed by atoms with van der Waals surface area (Å²) in [5.74, 6) is -0.0447. The fraction of sp³-hybridized carbons (Fsp3) is 0.476. The van der Waals surface area contributed by atoms with Crippen LogP contribution in [0.1, 0.15) is 40.9 Å². The number of carbonyl (C=O) groups is 1. The number of rotatable bonds is 2. The average molecular weight is 402 g/mol. The number of aryl methyl sites for hydroxylation is 1. The lowest BCUT2D eigenvalue weighted by Gasteiger charge is -2.21. The first kappa shape index (κ1) is 18.4. The van der Waals surface area contributed by atoms with E-state index in [-0.39, 0.29) is 11.8 Å². The standard InChI is InChI=1S/C21H21F3N4O/c22-21(23,24)19-5-4-15(9-26-19)27-7-6-14(10-27)20(29)28-11-17-16-3-1-2-13(16)8-25-18(17)12-28/h4-5,8-9,14H,1-3,6-7,10-12H2/t14-/m1/s1. The summed E-state index contributed by atoms with van der Waals surface area (Å²) < 4.78 is 38.1. The largest absolute Gasteiger partial charge is 0.433 e. The van der Waals surface area contributed by atoms with Gasteiger partial charge in [-0.1, -0.05) is 0 Å². The SMILES string of the molecule is O=C([C@@H]1CCN(c2ccc(C(F)(F)F)nc2)C1)N1Cc2ncc3c(c2C1)CCC3. The molecule has 1 amide bonds. The molecule has 4 heterocycles. The van der Waals surface area contributed by atoms with Gasteiger partial charge in [-0.15, -0.1) is 0 Å². The number of nitrogens with zero attached hydrogens (tertiary/aromatic N) is 4. The molecule has 1 atom stereocenters. The van der Waals surface area contributed by atoms with E-state index in [1.807, 2.05) is 16.0 Å². The quantitative estimate of drug-likeness (QED) is 0.773. The molecule has 2 aliphatic heterocycles. The van der Waals surface area contributed by atoms with E-state index in [1.165, 1.54) is 29.0 Å². The fourth-order valence-corrected chi connectivity index (χ4v) is 4.76. The van der Waals surface area contributed by atoms with Crippen LogP contribution in [0, 0.1) is 5.92 Å². The first-order valence-corrected chi connectivity index (χ1v) is 9.95. The lowest BCUT2D eigenvalue weighted by atomic mass is 10.1. The van der Waals surface area contributed by atoms with Crippen LogP contribution in [0.5, 0.6) is 0 Å². The second kappa shape index (κ2) is 6.71. The monoisotopic (exact) mass is 402 g/mol. The average Bonchev–Trinajstić information content (AvgIpc) is 3.44. The molecular weight excluding hydrogens is 381 g/mol. The van der Waals surface area contributed by atoms with Gasteiger partial charge in [0.15, 0.2) is 0 Å². The topological polar surface area (TPSA) is 49.3 Å². The number of anilines is 1. The Bertz CT molecular complexity index is 958. The lowest BCUT2D eigenvalue weighted by Crippen LogP contribution is -2.34. The van der Waals surface area contributed by atoms with Crippen LogP contribution in [0.25, 0.3) is 0 Å². The summed E-state index contributed by atoms with van der Waals surface area (Å²) in [7, 11) is 0. The number of amides is 1. The summed E-state index contributed by atoms with van der Waals surface area (Å²) in [6, 6.07) is 2.43. The van der Waals surface area contributed by atoms with E-state index in [9.17, 15) is 18.0 Å². The van der Waals surface area contributed by atoms with Gasteiger partial charge in [-0.05, 0) is 54.5 Å². The molecule has 0 bridgehead atoms. The molecule has 0 N–H and O–H groups in total. The summed E-state index contributed by atoms with van der Waals surface area (Å²) in [5, 5.41) is 0. The van der Waals surface area contributed by atoms with Crippen LogP contribution in [0.4, 0.5) is 18.9 Å². The van der Waals surface area contributed by atoms with Crippen LogP contribution in [0.3, 0.4) is 0 Å². The van der Waals surface area contributed by atoms with E-state index in [4.69, 9.17) is 0 Å². The van der Waals surface area contributed by atoms with Crippen molar-refractivity contribution in [2.45, 2.75) is 44.9 Å². The summed E-state index contributed by atoms with van der Waals surface area (Å²) in [6.45, 7) is 2.32. The van der Waals surface area contributed by atoms with Gasteiger partial charge in [-0.2, -0.15) is 13.2 Å². The van der Waals surface area contributed by atoms with Crippen LogP contribution < -0.4 is 4.90 Å². The molecule has 1 fully saturated rings. The van der Waals surface area contributed by atoms with E-state index < -0.39 is 11.9 Å². The molecule has 2 aromatic heterocycles. The van der Waals surface area contributed by atoms with Crippen molar-refractivity contribution in [2.75, 3.05) is 18.0 Å². The second-order valence-electron chi connectivity index (χ2n) is 8.07. The van der Waals surface area contributed by atoms with Gasteiger partial charge in [0.25, 0.3) is 0 Å². The number of hydrogen-bond donors (Lipinski definition) is 0. The van der Waals surface area contributed by atoms with Crippen molar-refractivity contribution in [3.05, 3.63) is 52.6 Å². The summed E-state index contributed by atoms with van der Waals surface area (Å²) >= 11 is 0. The number of hydrogen-bond acceptors (Lipinski definition) is 4. The van der Waals surface area contributed by atoms with Crippen LogP contribution >= 0.6 is 0 Å². The van der Waals surface area contributed by atoms with Crippen molar-refractivity contribution in [1.82, 2.24) is 14.9 Å². The highest BCUT2D eigenvalue weighted by Gasteiger charge is 2.36. The third kappa shape index (κ3) is 3.24. The molecule has 29 heavy (non-hydrogen) atoms. The Labute approximate surface area is 166 Å². The van der Waals surface area contributed by atoms with Gasteiger partial charge in [-0.3, -0.25) is 9.78 Å². The molecule has 5 nitrogen and oxygen atoms in total. The van der Waals surface area contributed by atoms with Gasteiger partial charge in [0.1, 0.15) is 5.69 Å². The van der Waals surface area contributed by atoms with Crippen molar-refractivity contribution in [2.24, 2.45) is 5.92 Å². The molecule has 0 spiro atoms. The predicted molar refractivity (Wildman–Crippen MR) is 100 cm³/mol. The maximum atomic E-state index is 13.1. The first-order valence-electron chi connectivity index (χ1n) is 9.95. The van der Waals surface area contributed by atoms with Crippen LogP contribution in [-0.4, -0.2) is 33.9 Å². The van der Waals surface area contributed by atoms with Gasteiger partial charge < -0.3 is 9.80 Å². The van der Waals surface area contributed by atoms with Crippen molar-refractivity contribution >= 4 is 11.6 Å². The summed E-state index contributed by atoms with van der Waals surface area (Å²) in [6.07, 6.45) is 2.75. The Morgan fingerprint density at radius 1 is 1.07 bits per heavy atom. The minimum Gasteiger partial charge on any atom is -0.369 e. The van der Waals surface area contributed by atoms with Crippen LogP contribution in [-0.2, 0) is 36.9 Å². The van der Waals surface area contributed by atoms with Gasteiger partial charge in [0.2, 0.25) is 5.91 Å². The zero-order valence-corrected chi connectivity index (χ0v) is 15.9. The third-order valence-corrected chi connectivity index (χ3v) is 6.29. The fourth-order valence-electron chi connectivity index (χ4n) is 4.76. The highest BCUT2D eigenvalue weighted by atomic mass is 19.4. The lowest BCUT2D eigenvalue weighted by molar-refractivity contribution is -0.141. The Morgan fingerprint density at radius 2 is 1.93 bits per heavy atom. The molecule has 152 valence electrons. The Kier molecular flexibility index (Phi) is 4.26. The minimum absolute atomic E-state index is 0.108. The molecule has 0 radical (unpaired) electrons. The molecule has 1 aliphatic carbocycles.